The molecule has 1 aliphatic rings. The summed E-state index contributed by atoms with van der Waals surface area (Å²) in [6.07, 6.45) is 0. The van der Waals surface area contributed by atoms with E-state index in [0.29, 0.717) is 26.2 Å². The molecule has 2 N–H and O–H groups in total. The highest BCUT2D eigenvalue weighted by atomic mass is 32.2. The highest BCUT2D eigenvalue weighted by Crippen LogP contribution is 2.20. The molecule has 0 bridgehead atoms. The van der Waals surface area contributed by atoms with Crippen LogP contribution in [0.25, 0.3) is 0 Å². The third-order valence-corrected chi connectivity index (χ3v) is 5.48. The summed E-state index contributed by atoms with van der Waals surface area (Å²) >= 11 is 0. The standard InChI is InChI=1S/C12H26N4O3S/c1-12(2,3)10(13)11(17)15-6-8-16(9-7-15)20(18,19)14(4)5/h10H,6-9,13H2,1-5H3/t10-/m1/s1. The van der Waals surface area contributed by atoms with E-state index < -0.39 is 16.3 Å². The number of nitrogens with two attached hydrogens (primary N) is 1. The Morgan fingerprint density at radius 3 is 1.95 bits per heavy atom. The van der Waals surface area contributed by atoms with Crippen molar-refractivity contribution in [1.82, 2.24) is 13.5 Å². The van der Waals surface area contributed by atoms with E-state index in [-0.39, 0.29) is 11.3 Å². The van der Waals surface area contributed by atoms with Gasteiger partial charge in [-0.2, -0.15) is 17.0 Å². The van der Waals surface area contributed by atoms with Gasteiger partial charge < -0.3 is 10.6 Å². The molecule has 118 valence electrons. The summed E-state index contributed by atoms with van der Waals surface area (Å²) in [7, 11) is -0.396. The molecule has 8 heteroatoms. The van der Waals surface area contributed by atoms with Gasteiger partial charge in [-0.05, 0) is 5.41 Å². The predicted octanol–water partition coefficient (Wildman–Crippen LogP) is -0.690. The Kier molecular flexibility index (Phi) is 5.18. The molecule has 20 heavy (non-hydrogen) atoms. The zero-order chi connectivity index (χ0) is 15.7. The average molecular weight is 306 g/mol. The maximum Gasteiger partial charge on any atom is 0.281 e. The molecule has 0 aliphatic carbocycles. The lowest BCUT2D eigenvalue weighted by Crippen LogP contribution is -2.57. The SMILES string of the molecule is CN(C)S(=O)(=O)N1CCN(C(=O)[C@@H](N)C(C)(C)C)CC1. The van der Waals surface area contributed by atoms with Crippen LogP contribution in [0.1, 0.15) is 20.8 Å². The summed E-state index contributed by atoms with van der Waals surface area (Å²) < 4.78 is 26.5. The number of carbonyl (C=O) groups is 1. The molecular formula is C12H26N4O3S. The van der Waals surface area contributed by atoms with Crippen LogP contribution in [0, 0.1) is 5.41 Å². The van der Waals surface area contributed by atoms with Crippen LogP contribution in [-0.4, -0.2) is 74.2 Å². The van der Waals surface area contributed by atoms with Crippen LogP contribution < -0.4 is 5.73 Å². The van der Waals surface area contributed by atoms with Crippen LogP contribution in [0.5, 0.6) is 0 Å². The Morgan fingerprint density at radius 1 is 1.15 bits per heavy atom. The molecule has 0 radical (unpaired) electrons. The minimum atomic E-state index is -3.40. The highest BCUT2D eigenvalue weighted by molar-refractivity contribution is 7.86. The second kappa shape index (κ2) is 5.97. The third-order valence-electron chi connectivity index (χ3n) is 3.54. The minimum absolute atomic E-state index is 0.112. The fraction of sp³-hybridized carbons (Fsp3) is 0.917. The van der Waals surface area contributed by atoms with Crippen LogP contribution in [0.2, 0.25) is 0 Å². The van der Waals surface area contributed by atoms with E-state index in [1.807, 2.05) is 20.8 Å². The fourth-order valence-corrected chi connectivity index (χ4v) is 3.02. The summed E-state index contributed by atoms with van der Waals surface area (Å²) in [5, 5.41) is 0. The zero-order valence-corrected chi connectivity index (χ0v) is 13.8. The fourth-order valence-electron chi connectivity index (χ4n) is 1.94. The Bertz CT molecular complexity index is 448. The van der Waals surface area contributed by atoms with Crippen molar-refractivity contribution in [3.8, 4) is 0 Å². The summed E-state index contributed by atoms with van der Waals surface area (Å²) in [5.74, 6) is -0.112. The van der Waals surface area contributed by atoms with E-state index in [4.69, 9.17) is 5.73 Å². The van der Waals surface area contributed by atoms with Crippen LogP contribution in [0.4, 0.5) is 0 Å². The first kappa shape index (κ1) is 17.4. The van der Waals surface area contributed by atoms with Crippen molar-refractivity contribution in [3.63, 3.8) is 0 Å². The van der Waals surface area contributed by atoms with Crippen molar-refractivity contribution < 1.29 is 13.2 Å². The quantitative estimate of drug-likeness (QED) is 0.748. The first-order chi connectivity index (χ1) is 8.98. The normalized spacial score (nSPS) is 20.2. The molecule has 0 aromatic rings. The highest BCUT2D eigenvalue weighted by Gasteiger charge is 2.35. The zero-order valence-electron chi connectivity index (χ0n) is 13.0. The lowest BCUT2D eigenvalue weighted by molar-refractivity contribution is -0.136. The van der Waals surface area contributed by atoms with Crippen molar-refractivity contribution in [2.45, 2.75) is 26.8 Å². The van der Waals surface area contributed by atoms with Gasteiger partial charge in [-0.25, -0.2) is 0 Å². The lowest BCUT2D eigenvalue weighted by atomic mass is 9.86. The molecule has 1 amide bonds. The molecule has 7 nitrogen and oxygen atoms in total. The number of piperazine rings is 1. The van der Waals surface area contributed by atoms with Gasteiger partial charge >= 0.3 is 0 Å². The topological polar surface area (TPSA) is 87.0 Å². The monoisotopic (exact) mass is 306 g/mol. The molecule has 0 spiro atoms. The van der Waals surface area contributed by atoms with Gasteiger partial charge in [-0.15, -0.1) is 0 Å². The van der Waals surface area contributed by atoms with Gasteiger partial charge in [0.1, 0.15) is 0 Å². The van der Waals surface area contributed by atoms with Gasteiger partial charge in [0, 0.05) is 40.3 Å². The number of rotatable bonds is 3. The van der Waals surface area contributed by atoms with Crippen LogP contribution in [0.3, 0.4) is 0 Å². The minimum Gasteiger partial charge on any atom is -0.339 e. The molecule has 1 fully saturated rings. The molecule has 1 atom stereocenters. The average Bonchev–Trinajstić information content (AvgIpc) is 2.35. The lowest BCUT2D eigenvalue weighted by Gasteiger charge is -2.38. The van der Waals surface area contributed by atoms with E-state index in [0.717, 1.165) is 0 Å². The molecule has 1 heterocycles. The molecule has 0 aromatic carbocycles. The van der Waals surface area contributed by atoms with E-state index in [1.165, 1.54) is 22.7 Å². The smallest absolute Gasteiger partial charge is 0.281 e. The van der Waals surface area contributed by atoms with E-state index >= 15 is 0 Å². The summed E-state index contributed by atoms with van der Waals surface area (Å²) in [5.41, 5.74) is 5.66. The molecular weight excluding hydrogens is 280 g/mol. The number of nitrogens with zero attached hydrogens (tertiary/aromatic N) is 3. The summed E-state index contributed by atoms with van der Waals surface area (Å²) in [6, 6.07) is -0.570. The first-order valence-electron chi connectivity index (χ1n) is 6.70. The number of carbonyl (C=O) groups excluding carboxylic acids is 1. The second-order valence-corrected chi connectivity index (χ2v) is 8.50. The molecule has 1 rings (SSSR count). The van der Waals surface area contributed by atoms with Gasteiger partial charge in [0.2, 0.25) is 5.91 Å². The predicted molar refractivity (Wildman–Crippen MR) is 78.2 cm³/mol. The van der Waals surface area contributed by atoms with Crippen LogP contribution in [-0.2, 0) is 15.0 Å². The Labute approximate surface area is 121 Å². The van der Waals surface area contributed by atoms with Crippen molar-refractivity contribution in [2.75, 3.05) is 40.3 Å². The maximum absolute atomic E-state index is 12.3. The van der Waals surface area contributed by atoms with Crippen LogP contribution in [0.15, 0.2) is 0 Å². The molecule has 1 aliphatic heterocycles. The number of hydrogen-bond donors (Lipinski definition) is 1. The van der Waals surface area contributed by atoms with Crippen LogP contribution >= 0.6 is 0 Å². The van der Waals surface area contributed by atoms with E-state index in [9.17, 15) is 13.2 Å². The summed E-state index contributed by atoms with van der Waals surface area (Å²) in [6.45, 7) is 7.14. The molecule has 0 aromatic heterocycles. The number of hydrogen-bond acceptors (Lipinski definition) is 4. The number of amides is 1. The second-order valence-electron chi connectivity index (χ2n) is 6.36. The van der Waals surface area contributed by atoms with E-state index in [1.54, 1.807) is 4.90 Å². The maximum atomic E-state index is 12.3. The third kappa shape index (κ3) is 3.69. The van der Waals surface area contributed by atoms with Crippen molar-refractivity contribution in [3.05, 3.63) is 0 Å². The van der Waals surface area contributed by atoms with Gasteiger partial charge in [-0.1, -0.05) is 20.8 Å². The van der Waals surface area contributed by atoms with Gasteiger partial charge in [0.25, 0.3) is 10.2 Å². The molecule has 1 saturated heterocycles. The van der Waals surface area contributed by atoms with Crippen molar-refractivity contribution >= 4 is 16.1 Å². The summed E-state index contributed by atoms with van der Waals surface area (Å²) in [4.78, 5) is 13.9. The largest absolute Gasteiger partial charge is 0.339 e. The van der Waals surface area contributed by atoms with Gasteiger partial charge in [-0.3, -0.25) is 4.79 Å². The van der Waals surface area contributed by atoms with E-state index in [2.05, 4.69) is 0 Å². The Hall–Kier alpha value is -0.700. The Balaban J connectivity index is 2.66. The first-order valence-corrected chi connectivity index (χ1v) is 8.09. The van der Waals surface area contributed by atoms with Crippen molar-refractivity contribution in [1.29, 1.82) is 0 Å². The molecule has 0 saturated carbocycles. The van der Waals surface area contributed by atoms with Gasteiger partial charge in [0.05, 0.1) is 6.04 Å². The van der Waals surface area contributed by atoms with Gasteiger partial charge in [0.15, 0.2) is 0 Å². The van der Waals surface area contributed by atoms with Crippen molar-refractivity contribution in [2.24, 2.45) is 11.1 Å². The Morgan fingerprint density at radius 2 is 1.60 bits per heavy atom. The molecule has 0 unspecified atom stereocenters.